The highest BCUT2D eigenvalue weighted by Crippen LogP contribution is 2.29. The van der Waals surface area contributed by atoms with Gasteiger partial charge in [-0.25, -0.2) is 10.8 Å². The number of amides is 1. The number of rotatable bonds is 4. The van der Waals surface area contributed by atoms with E-state index in [0.717, 1.165) is 26.4 Å². The Morgan fingerprint density at radius 3 is 2.94 bits per heavy atom. The van der Waals surface area contributed by atoms with Gasteiger partial charge in [0.1, 0.15) is 5.82 Å². The van der Waals surface area contributed by atoms with E-state index in [1.165, 1.54) is 22.9 Å². The van der Waals surface area contributed by atoms with Crippen LogP contribution in [-0.2, 0) is 5.75 Å². The lowest BCUT2D eigenvalue weighted by Gasteiger charge is -1.96. The molecule has 96 valence electrons. The van der Waals surface area contributed by atoms with Gasteiger partial charge in [-0.15, -0.1) is 11.3 Å². The average Bonchev–Trinajstić information content (AvgIpc) is 2.92. The number of carbonyl (C=O) groups excluding carboxylic acids is 1. The molecule has 0 aliphatic carbocycles. The van der Waals surface area contributed by atoms with Crippen LogP contribution in [-0.4, -0.2) is 15.3 Å². The van der Waals surface area contributed by atoms with E-state index in [0.29, 0.717) is 4.88 Å². The predicted molar refractivity (Wildman–Crippen MR) is 74.9 cm³/mol. The summed E-state index contributed by atoms with van der Waals surface area (Å²) in [5.41, 5.74) is 3.28. The van der Waals surface area contributed by atoms with Crippen molar-refractivity contribution in [2.45, 2.75) is 23.9 Å². The van der Waals surface area contributed by atoms with Gasteiger partial charge in [0.25, 0.3) is 5.91 Å². The van der Waals surface area contributed by atoms with E-state index < -0.39 is 0 Å². The minimum Gasteiger partial charge on any atom is -0.289 e. The number of aromatic nitrogens is 2. The summed E-state index contributed by atoms with van der Waals surface area (Å²) >= 11 is 4.48. The van der Waals surface area contributed by atoms with Gasteiger partial charge in [-0.2, -0.15) is 4.37 Å². The molecule has 3 N–H and O–H groups in total. The van der Waals surface area contributed by atoms with Crippen LogP contribution in [0.25, 0.3) is 0 Å². The highest BCUT2D eigenvalue weighted by atomic mass is 32.2. The molecule has 0 atom stereocenters. The first-order chi connectivity index (χ1) is 8.60. The van der Waals surface area contributed by atoms with Crippen LogP contribution in [0.2, 0.25) is 0 Å². The molecule has 0 radical (unpaired) electrons. The Hall–Kier alpha value is -0.960. The van der Waals surface area contributed by atoms with Crippen molar-refractivity contribution in [3.63, 3.8) is 0 Å². The zero-order chi connectivity index (χ0) is 13.1. The lowest BCUT2D eigenvalue weighted by molar-refractivity contribution is 0.0957. The summed E-state index contributed by atoms with van der Waals surface area (Å²) in [7, 11) is 0. The number of nitrogens with zero attached hydrogens (tertiary/aromatic N) is 2. The number of carbonyl (C=O) groups is 1. The second-order valence-corrected chi connectivity index (χ2v) is 6.79. The molecule has 8 heteroatoms. The highest BCUT2D eigenvalue weighted by molar-refractivity contribution is 8.00. The fourth-order valence-electron chi connectivity index (χ4n) is 1.32. The smallest absolute Gasteiger partial charge is 0.275 e. The molecule has 0 saturated carbocycles. The largest absolute Gasteiger partial charge is 0.289 e. The molecule has 0 saturated heterocycles. The van der Waals surface area contributed by atoms with E-state index in [2.05, 4.69) is 14.8 Å². The molecule has 0 bridgehead atoms. The standard InChI is InChI=1S/C10H12N4OS3/c1-5-7(3-8(17-5)9(15)13-11)4-16-10-12-6(2)14-18-10/h3H,4,11H2,1-2H3,(H,13,15). The fourth-order valence-corrected chi connectivity index (χ4v) is 4.06. The Kier molecular flexibility index (Phi) is 4.33. The number of thiophene rings is 1. The van der Waals surface area contributed by atoms with Gasteiger partial charge in [0, 0.05) is 10.6 Å². The quantitative estimate of drug-likeness (QED) is 0.391. The van der Waals surface area contributed by atoms with Gasteiger partial charge in [-0.05, 0) is 37.0 Å². The third kappa shape index (κ3) is 3.08. The van der Waals surface area contributed by atoms with Crippen molar-refractivity contribution in [2.75, 3.05) is 0 Å². The van der Waals surface area contributed by atoms with Crippen LogP contribution >= 0.6 is 34.6 Å². The summed E-state index contributed by atoms with van der Waals surface area (Å²) < 4.78 is 5.08. The van der Waals surface area contributed by atoms with Gasteiger partial charge in [0.05, 0.1) is 4.88 Å². The normalized spacial score (nSPS) is 10.6. The number of hydrogen-bond acceptors (Lipinski definition) is 7. The maximum atomic E-state index is 11.4. The average molecular weight is 300 g/mol. The molecule has 0 unspecified atom stereocenters. The Labute approximate surface area is 117 Å². The Balaban J connectivity index is 2.05. The monoisotopic (exact) mass is 300 g/mol. The molecule has 5 nitrogen and oxygen atoms in total. The maximum absolute atomic E-state index is 11.4. The first-order valence-electron chi connectivity index (χ1n) is 5.13. The zero-order valence-corrected chi connectivity index (χ0v) is 12.3. The number of nitrogens with two attached hydrogens (primary N) is 1. The van der Waals surface area contributed by atoms with Gasteiger partial charge in [-0.3, -0.25) is 10.2 Å². The van der Waals surface area contributed by atoms with E-state index in [4.69, 9.17) is 5.84 Å². The van der Waals surface area contributed by atoms with Gasteiger partial charge in [0.2, 0.25) is 0 Å². The van der Waals surface area contributed by atoms with Crippen molar-refractivity contribution in [3.05, 3.63) is 27.2 Å². The van der Waals surface area contributed by atoms with Crippen LogP contribution in [0.1, 0.15) is 25.9 Å². The van der Waals surface area contributed by atoms with Crippen molar-refractivity contribution in [1.29, 1.82) is 0 Å². The van der Waals surface area contributed by atoms with Crippen molar-refractivity contribution in [3.8, 4) is 0 Å². The van der Waals surface area contributed by atoms with Gasteiger partial charge >= 0.3 is 0 Å². The Morgan fingerprint density at radius 2 is 2.33 bits per heavy atom. The molecule has 0 aromatic carbocycles. The van der Waals surface area contributed by atoms with Gasteiger partial charge in [0.15, 0.2) is 4.34 Å². The summed E-state index contributed by atoms with van der Waals surface area (Å²) in [4.78, 5) is 17.5. The molecule has 2 rings (SSSR count). The number of nitrogen functional groups attached to an aromatic ring is 1. The van der Waals surface area contributed by atoms with Crippen LogP contribution < -0.4 is 11.3 Å². The Bertz CT molecular complexity index is 563. The third-order valence-corrected chi connectivity index (χ3v) is 5.30. The summed E-state index contributed by atoms with van der Waals surface area (Å²) in [5, 5.41) is 0. The number of nitrogens with one attached hydrogen (secondary N) is 1. The number of hydrazine groups is 1. The second kappa shape index (κ2) is 5.79. The fraction of sp³-hybridized carbons (Fsp3) is 0.300. The summed E-state index contributed by atoms with van der Waals surface area (Å²) in [6.45, 7) is 3.87. The molecule has 0 aliphatic rings. The molecule has 0 fully saturated rings. The zero-order valence-electron chi connectivity index (χ0n) is 9.89. The molecule has 0 aliphatic heterocycles. The first-order valence-corrected chi connectivity index (χ1v) is 7.71. The molecule has 2 aromatic heterocycles. The minimum atomic E-state index is -0.244. The molecular weight excluding hydrogens is 288 g/mol. The van der Waals surface area contributed by atoms with Crippen molar-refractivity contribution >= 4 is 40.5 Å². The summed E-state index contributed by atoms with van der Waals surface area (Å²) in [5.74, 6) is 6.46. The van der Waals surface area contributed by atoms with E-state index in [1.54, 1.807) is 11.8 Å². The topological polar surface area (TPSA) is 80.9 Å². The van der Waals surface area contributed by atoms with Crippen LogP contribution in [0.4, 0.5) is 0 Å². The third-order valence-electron chi connectivity index (χ3n) is 2.24. The summed E-state index contributed by atoms with van der Waals surface area (Å²) in [6.07, 6.45) is 0. The van der Waals surface area contributed by atoms with Crippen molar-refractivity contribution in [1.82, 2.24) is 14.8 Å². The first kappa shape index (κ1) is 13.5. The van der Waals surface area contributed by atoms with Gasteiger partial charge in [-0.1, -0.05) is 11.8 Å². The number of aryl methyl sites for hydroxylation is 2. The predicted octanol–water partition coefficient (Wildman–Crippen LogP) is 2.11. The SMILES string of the molecule is Cc1nsc(SCc2cc(C(=O)NN)sc2C)n1. The maximum Gasteiger partial charge on any atom is 0.275 e. The van der Waals surface area contributed by atoms with Crippen LogP contribution in [0.5, 0.6) is 0 Å². The lowest BCUT2D eigenvalue weighted by atomic mass is 10.3. The minimum absolute atomic E-state index is 0.244. The van der Waals surface area contributed by atoms with Crippen LogP contribution in [0.15, 0.2) is 10.4 Å². The van der Waals surface area contributed by atoms with Crippen molar-refractivity contribution < 1.29 is 4.79 Å². The van der Waals surface area contributed by atoms with Crippen LogP contribution in [0.3, 0.4) is 0 Å². The van der Waals surface area contributed by atoms with E-state index in [-0.39, 0.29) is 5.91 Å². The molecule has 0 spiro atoms. The van der Waals surface area contributed by atoms with E-state index >= 15 is 0 Å². The van der Waals surface area contributed by atoms with Crippen LogP contribution in [0, 0.1) is 13.8 Å². The molecule has 18 heavy (non-hydrogen) atoms. The lowest BCUT2D eigenvalue weighted by Crippen LogP contribution is -2.29. The molecular formula is C10H12N4OS3. The molecule has 2 heterocycles. The summed E-state index contributed by atoms with van der Waals surface area (Å²) in [6, 6.07) is 1.88. The highest BCUT2D eigenvalue weighted by Gasteiger charge is 2.12. The van der Waals surface area contributed by atoms with E-state index in [9.17, 15) is 4.79 Å². The number of thioether (sulfide) groups is 1. The van der Waals surface area contributed by atoms with E-state index in [1.807, 2.05) is 19.9 Å². The van der Waals surface area contributed by atoms with Crippen molar-refractivity contribution in [2.24, 2.45) is 5.84 Å². The number of hydrogen-bond donors (Lipinski definition) is 2. The van der Waals surface area contributed by atoms with Gasteiger partial charge < -0.3 is 0 Å². The molecule has 1 amide bonds. The Morgan fingerprint density at radius 1 is 1.56 bits per heavy atom. The molecule has 2 aromatic rings. The second-order valence-electron chi connectivity index (χ2n) is 3.56.